The minimum absolute atomic E-state index is 0.00363. The molecule has 2 fully saturated rings. The first-order valence-corrected chi connectivity index (χ1v) is 12.1. The molecule has 0 radical (unpaired) electrons. The number of benzene rings is 1. The Balaban J connectivity index is 1.18. The monoisotopic (exact) mass is 425 g/mol. The van der Waals surface area contributed by atoms with E-state index in [2.05, 4.69) is 39.7 Å². The number of piperidine rings is 1. The third-order valence-corrected chi connectivity index (χ3v) is 7.01. The van der Waals surface area contributed by atoms with Gasteiger partial charge in [0, 0.05) is 37.3 Å². The zero-order valence-corrected chi connectivity index (χ0v) is 18.5. The van der Waals surface area contributed by atoms with Crippen molar-refractivity contribution in [3.8, 4) is 0 Å². The number of carbonyl (C=O) groups is 1. The summed E-state index contributed by atoms with van der Waals surface area (Å²) < 4.78 is 6.46. The van der Waals surface area contributed by atoms with Crippen molar-refractivity contribution in [2.45, 2.75) is 55.2 Å². The highest BCUT2D eigenvalue weighted by atomic mass is 32.2. The molecule has 6 heteroatoms. The van der Waals surface area contributed by atoms with Gasteiger partial charge in [0.2, 0.25) is 5.91 Å². The molecule has 1 N–H and O–H groups in total. The normalized spacial score (nSPS) is 21.0. The summed E-state index contributed by atoms with van der Waals surface area (Å²) in [6.45, 7) is 3.61. The number of nitrogens with zero attached hydrogens (tertiary/aromatic N) is 2. The van der Waals surface area contributed by atoms with Gasteiger partial charge in [-0.15, -0.1) is 11.8 Å². The fourth-order valence-corrected chi connectivity index (χ4v) is 4.87. The molecule has 1 aromatic carbocycles. The van der Waals surface area contributed by atoms with Crippen LogP contribution in [0.15, 0.2) is 53.6 Å². The molecule has 2 aromatic rings. The smallest absolute Gasteiger partial charge is 0.224 e. The molecule has 0 aliphatic carbocycles. The number of hydrogen-bond acceptors (Lipinski definition) is 5. The standard InChI is InChI=1S/C24H31N3O2S/c1-30-22-7-5-19(6-8-22)16-23(28)26-17-21-9-10-24(29-21)11-14-27(15-12-24)18-20-4-2-3-13-25-20/h2-8,13,21H,9-12,14-18H2,1H3,(H,26,28)/t21-/m1/s1. The average molecular weight is 426 g/mol. The fourth-order valence-electron chi connectivity index (χ4n) is 4.47. The maximum absolute atomic E-state index is 12.3. The van der Waals surface area contributed by atoms with Crippen LogP contribution in [0.1, 0.15) is 36.9 Å². The van der Waals surface area contributed by atoms with Gasteiger partial charge in [-0.2, -0.15) is 0 Å². The number of aromatic nitrogens is 1. The van der Waals surface area contributed by atoms with Crippen molar-refractivity contribution in [1.29, 1.82) is 0 Å². The van der Waals surface area contributed by atoms with Crippen molar-refractivity contribution in [2.24, 2.45) is 0 Å². The molecule has 1 spiro atoms. The highest BCUT2D eigenvalue weighted by Gasteiger charge is 2.42. The molecule has 2 aliphatic heterocycles. The number of ether oxygens (including phenoxy) is 1. The number of nitrogens with one attached hydrogen (secondary N) is 1. The van der Waals surface area contributed by atoms with E-state index in [0.717, 1.165) is 56.6 Å². The summed E-state index contributed by atoms with van der Waals surface area (Å²) in [5.41, 5.74) is 2.18. The lowest BCUT2D eigenvalue weighted by atomic mass is 9.88. The first kappa shape index (κ1) is 21.3. The van der Waals surface area contributed by atoms with E-state index >= 15 is 0 Å². The van der Waals surface area contributed by atoms with Crippen LogP contribution in [-0.4, -0.2) is 53.4 Å². The Morgan fingerprint density at radius 1 is 1.20 bits per heavy atom. The van der Waals surface area contributed by atoms with Crippen molar-refractivity contribution in [3.63, 3.8) is 0 Å². The topological polar surface area (TPSA) is 54.5 Å². The second-order valence-corrected chi connectivity index (χ2v) is 9.27. The third kappa shape index (κ3) is 5.62. The fraction of sp³-hybridized carbons (Fsp3) is 0.500. The molecule has 1 aromatic heterocycles. The van der Waals surface area contributed by atoms with Gasteiger partial charge in [-0.05, 0) is 61.8 Å². The number of rotatable bonds is 7. The molecule has 1 atom stereocenters. The Hall–Kier alpha value is -1.89. The van der Waals surface area contributed by atoms with E-state index in [-0.39, 0.29) is 17.6 Å². The maximum Gasteiger partial charge on any atom is 0.224 e. The van der Waals surface area contributed by atoms with Crippen molar-refractivity contribution in [2.75, 3.05) is 25.9 Å². The summed E-state index contributed by atoms with van der Waals surface area (Å²) in [5.74, 6) is 0.0710. The summed E-state index contributed by atoms with van der Waals surface area (Å²) >= 11 is 1.71. The van der Waals surface area contributed by atoms with Crippen LogP contribution in [0.4, 0.5) is 0 Å². The number of thioether (sulfide) groups is 1. The minimum atomic E-state index is 0.00363. The largest absolute Gasteiger partial charge is 0.370 e. The lowest BCUT2D eigenvalue weighted by molar-refractivity contribution is -0.122. The molecular formula is C24H31N3O2S. The van der Waals surface area contributed by atoms with E-state index in [0.29, 0.717) is 13.0 Å². The molecule has 5 nitrogen and oxygen atoms in total. The van der Waals surface area contributed by atoms with Crippen LogP contribution in [0.2, 0.25) is 0 Å². The number of pyridine rings is 1. The molecule has 2 aliphatic rings. The van der Waals surface area contributed by atoms with Crippen LogP contribution >= 0.6 is 11.8 Å². The molecule has 0 saturated carbocycles. The molecular weight excluding hydrogens is 394 g/mol. The Morgan fingerprint density at radius 2 is 2.00 bits per heavy atom. The van der Waals surface area contributed by atoms with Crippen LogP contribution in [0.5, 0.6) is 0 Å². The molecule has 0 bridgehead atoms. The quantitative estimate of drug-likeness (QED) is 0.686. The van der Waals surface area contributed by atoms with Crippen molar-refractivity contribution >= 4 is 17.7 Å². The number of carbonyl (C=O) groups excluding carboxylic acids is 1. The van der Waals surface area contributed by atoms with E-state index in [9.17, 15) is 4.79 Å². The Morgan fingerprint density at radius 3 is 2.70 bits per heavy atom. The Bertz CT molecular complexity index is 820. The van der Waals surface area contributed by atoms with Gasteiger partial charge < -0.3 is 10.1 Å². The maximum atomic E-state index is 12.3. The summed E-state index contributed by atoms with van der Waals surface area (Å²) in [6.07, 6.45) is 8.73. The van der Waals surface area contributed by atoms with Gasteiger partial charge in [-0.25, -0.2) is 0 Å². The average Bonchev–Trinajstić information content (AvgIpc) is 3.18. The van der Waals surface area contributed by atoms with E-state index in [1.807, 2.05) is 30.5 Å². The number of likely N-dealkylation sites (tertiary alicyclic amines) is 1. The molecule has 2 saturated heterocycles. The Kier molecular flexibility index (Phi) is 7.08. The van der Waals surface area contributed by atoms with Crippen molar-refractivity contribution < 1.29 is 9.53 Å². The van der Waals surface area contributed by atoms with E-state index in [1.54, 1.807) is 11.8 Å². The molecule has 1 amide bonds. The predicted molar refractivity (Wildman–Crippen MR) is 121 cm³/mol. The highest BCUT2D eigenvalue weighted by Crippen LogP contribution is 2.38. The van der Waals surface area contributed by atoms with Gasteiger partial charge in [0.25, 0.3) is 0 Å². The predicted octanol–water partition coefficient (Wildman–Crippen LogP) is 3.68. The van der Waals surface area contributed by atoms with Crippen molar-refractivity contribution in [3.05, 3.63) is 59.9 Å². The second-order valence-electron chi connectivity index (χ2n) is 8.39. The van der Waals surface area contributed by atoms with Crippen LogP contribution < -0.4 is 5.32 Å². The van der Waals surface area contributed by atoms with E-state index in [4.69, 9.17) is 4.74 Å². The summed E-state index contributed by atoms with van der Waals surface area (Å²) in [4.78, 5) is 20.4. The first-order chi connectivity index (χ1) is 14.6. The number of amides is 1. The number of hydrogen-bond donors (Lipinski definition) is 1. The van der Waals surface area contributed by atoms with E-state index in [1.165, 1.54) is 4.90 Å². The molecule has 4 rings (SSSR count). The SMILES string of the molecule is CSc1ccc(CC(=O)NC[C@H]2CCC3(CCN(Cc4ccccn4)CC3)O2)cc1. The van der Waals surface area contributed by atoms with Gasteiger partial charge in [-0.1, -0.05) is 18.2 Å². The minimum Gasteiger partial charge on any atom is -0.370 e. The highest BCUT2D eigenvalue weighted by molar-refractivity contribution is 7.98. The Labute approximate surface area is 183 Å². The van der Waals surface area contributed by atoms with Gasteiger partial charge in [-0.3, -0.25) is 14.7 Å². The van der Waals surface area contributed by atoms with Gasteiger partial charge in [0.15, 0.2) is 0 Å². The lowest BCUT2D eigenvalue weighted by Gasteiger charge is -2.39. The second kappa shape index (κ2) is 9.94. The van der Waals surface area contributed by atoms with Crippen LogP contribution in [0, 0.1) is 0 Å². The van der Waals surface area contributed by atoms with Crippen LogP contribution in [0.3, 0.4) is 0 Å². The van der Waals surface area contributed by atoms with Gasteiger partial charge >= 0.3 is 0 Å². The summed E-state index contributed by atoms with van der Waals surface area (Å²) in [5, 5.41) is 3.08. The first-order valence-electron chi connectivity index (χ1n) is 10.8. The van der Waals surface area contributed by atoms with Crippen LogP contribution in [0.25, 0.3) is 0 Å². The van der Waals surface area contributed by atoms with E-state index < -0.39 is 0 Å². The van der Waals surface area contributed by atoms with Crippen molar-refractivity contribution in [1.82, 2.24) is 15.2 Å². The molecule has 3 heterocycles. The summed E-state index contributed by atoms with van der Waals surface area (Å²) in [6, 6.07) is 14.3. The molecule has 160 valence electrons. The third-order valence-electron chi connectivity index (χ3n) is 6.27. The zero-order chi connectivity index (χ0) is 20.8. The zero-order valence-electron chi connectivity index (χ0n) is 17.7. The van der Waals surface area contributed by atoms with Crippen LogP contribution in [-0.2, 0) is 22.5 Å². The molecule has 0 unspecified atom stereocenters. The van der Waals surface area contributed by atoms with Gasteiger partial charge in [0.05, 0.1) is 23.8 Å². The molecule has 30 heavy (non-hydrogen) atoms. The summed E-state index contributed by atoms with van der Waals surface area (Å²) in [7, 11) is 0. The lowest BCUT2D eigenvalue weighted by Crippen LogP contribution is -2.45. The van der Waals surface area contributed by atoms with Gasteiger partial charge in [0.1, 0.15) is 0 Å².